The number of amides is 1. The fraction of sp³-hybridized carbons (Fsp3) is 0.480. The standard InChI is InChI=1S/C25H34FNO2/c1-7-8-9-20(24(28)27-17(2)3)14-21-15-22(29-6)16-23(18(21)4)19-10-12-25(5,26)13-11-19/h8-10,14-17H,7,11-13H2,1-6H3,(H,27,28)/b9-8+,20-14+. The van der Waals surface area contributed by atoms with E-state index in [9.17, 15) is 9.18 Å². The summed E-state index contributed by atoms with van der Waals surface area (Å²) >= 11 is 0. The van der Waals surface area contributed by atoms with E-state index in [1.165, 1.54) is 0 Å². The molecule has 2 rings (SSSR count). The molecule has 4 heteroatoms. The molecular weight excluding hydrogens is 365 g/mol. The highest BCUT2D eigenvalue weighted by molar-refractivity contribution is 6.01. The minimum absolute atomic E-state index is 0.0605. The molecule has 1 atom stereocenters. The number of alkyl halides is 1. The van der Waals surface area contributed by atoms with Crippen molar-refractivity contribution >= 4 is 17.6 Å². The van der Waals surface area contributed by atoms with Crippen LogP contribution in [0.2, 0.25) is 0 Å². The fourth-order valence-corrected chi connectivity index (χ4v) is 3.44. The Balaban J connectivity index is 2.53. The first kappa shape index (κ1) is 22.9. The van der Waals surface area contributed by atoms with E-state index in [-0.39, 0.29) is 11.9 Å². The highest BCUT2D eigenvalue weighted by Crippen LogP contribution is 2.38. The van der Waals surface area contributed by atoms with Crippen molar-refractivity contribution in [3.63, 3.8) is 0 Å². The quantitative estimate of drug-likeness (QED) is 0.440. The number of nitrogens with one attached hydrogen (secondary N) is 1. The van der Waals surface area contributed by atoms with Crippen LogP contribution in [0.15, 0.2) is 35.9 Å². The molecule has 0 saturated heterocycles. The zero-order valence-corrected chi connectivity index (χ0v) is 18.6. The second-order valence-corrected chi connectivity index (χ2v) is 8.27. The fourth-order valence-electron chi connectivity index (χ4n) is 3.44. The monoisotopic (exact) mass is 399 g/mol. The van der Waals surface area contributed by atoms with Crippen molar-refractivity contribution in [3.05, 3.63) is 52.6 Å². The maximum absolute atomic E-state index is 14.2. The summed E-state index contributed by atoms with van der Waals surface area (Å²) in [4.78, 5) is 12.7. The van der Waals surface area contributed by atoms with Crippen molar-refractivity contribution in [1.82, 2.24) is 5.32 Å². The lowest BCUT2D eigenvalue weighted by atomic mass is 9.83. The Bertz CT molecular complexity index is 831. The Morgan fingerprint density at radius 3 is 2.66 bits per heavy atom. The van der Waals surface area contributed by atoms with Gasteiger partial charge in [-0.05, 0) is 93.9 Å². The Hall–Kier alpha value is -2.36. The van der Waals surface area contributed by atoms with E-state index in [1.807, 2.05) is 64.1 Å². The predicted molar refractivity (Wildman–Crippen MR) is 120 cm³/mol. The molecule has 1 aromatic carbocycles. The van der Waals surface area contributed by atoms with Crippen LogP contribution in [0.3, 0.4) is 0 Å². The lowest BCUT2D eigenvalue weighted by molar-refractivity contribution is -0.117. The molecule has 0 spiro atoms. The Labute approximate surface area is 174 Å². The van der Waals surface area contributed by atoms with E-state index < -0.39 is 5.67 Å². The number of hydrogen-bond donors (Lipinski definition) is 1. The van der Waals surface area contributed by atoms with Gasteiger partial charge in [0.1, 0.15) is 11.4 Å². The average Bonchev–Trinajstić information content (AvgIpc) is 2.66. The lowest BCUT2D eigenvalue weighted by Gasteiger charge is -2.26. The third-order valence-corrected chi connectivity index (χ3v) is 5.22. The molecule has 1 N–H and O–H groups in total. The zero-order chi connectivity index (χ0) is 21.6. The molecule has 0 bridgehead atoms. The predicted octanol–water partition coefficient (Wildman–Crippen LogP) is 6.17. The summed E-state index contributed by atoms with van der Waals surface area (Å²) in [5, 5.41) is 2.96. The molecule has 3 nitrogen and oxygen atoms in total. The summed E-state index contributed by atoms with van der Waals surface area (Å²) < 4.78 is 19.8. The van der Waals surface area contributed by atoms with Crippen LogP contribution >= 0.6 is 0 Å². The maximum atomic E-state index is 14.2. The highest BCUT2D eigenvalue weighted by Gasteiger charge is 2.27. The topological polar surface area (TPSA) is 38.3 Å². The van der Waals surface area contributed by atoms with Gasteiger partial charge in [-0.25, -0.2) is 4.39 Å². The second kappa shape index (κ2) is 9.91. The Morgan fingerprint density at radius 1 is 1.38 bits per heavy atom. The Morgan fingerprint density at radius 2 is 2.10 bits per heavy atom. The van der Waals surface area contributed by atoms with Gasteiger partial charge in [0, 0.05) is 11.6 Å². The van der Waals surface area contributed by atoms with Gasteiger partial charge >= 0.3 is 0 Å². The van der Waals surface area contributed by atoms with Gasteiger partial charge in [-0.15, -0.1) is 0 Å². The van der Waals surface area contributed by atoms with E-state index in [2.05, 4.69) is 5.32 Å². The molecule has 1 aliphatic rings. The molecule has 158 valence electrons. The van der Waals surface area contributed by atoms with E-state index in [0.717, 1.165) is 34.4 Å². The minimum Gasteiger partial charge on any atom is -0.497 e. The number of halogens is 1. The van der Waals surface area contributed by atoms with E-state index in [1.54, 1.807) is 14.0 Å². The number of methoxy groups -OCH3 is 1. The molecular formula is C25H34FNO2. The van der Waals surface area contributed by atoms with Crippen LogP contribution in [0.5, 0.6) is 5.75 Å². The molecule has 1 amide bonds. The summed E-state index contributed by atoms with van der Waals surface area (Å²) in [5.41, 5.74) is 3.68. The minimum atomic E-state index is -1.13. The van der Waals surface area contributed by atoms with Crippen molar-refractivity contribution in [2.45, 2.75) is 72.0 Å². The van der Waals surface area contributed by atoms with Gasteiger partial charge in [-0.3, -0.25) is 4.79 Å². The van der Waals surface area contributed by atoms with Crippen molar-refractivity contribution in [3.8, 4) is 5.75 Å². The summed E-state index contributed by atoms with van der Waals surface area (Å²) in [7, 11) is 1.64. The molecule has 0 heterocycles. The van der Waals surface area contributed by atoms with Crippen LogP contribution < -0.4 is 10.1 Å². The molecule has 1 unspecified atom stereocenters. The molecule has 1 aromatic rings. The van der Waals surface area contributed by atoms with Gasteiger partial charge in [0.05, 0.1) is 7.11 Å². The van der Waals surface area contributed by atoms with E-state index in [0.29, 0.717) is 24.8 Å². The van der Waals surface area contributed by atoms with Crippen molar-refractivity contribution in [2.24, 2.45) is 0 Å². The van der Waals surface area contributed by atoms with Crippen LogP contribution in [0.4, 0.5) is 4.39 Å². The van der Waals surface area contributed by atoms with Crippen LogP contribution in [0.1, 0.15) is 70.1 Å². The van der Waals surface area contributed by atoms with Crippen molar-refractivity contribution < 1.29 is 13.9 Å². The normalized spacial score (nSPS) is 20.1. The number of rotatable bonds is 7. The van der Waals surface area contributed by atoms with Gasteiger partial charge in [0.25, 0.3) is 5.91 Å². The third kappa shape index (κ3) is 6.31. The molecule has 0 radical (unpaired) electrons. The van der Waals surface area contributed by atoms with Crippen molar-refractivity contribution in [1.29, 1.82) is 0 Å². The number of carbonyl (C=O) groups is 1. The summed E-state index contributed by atoms with van der Waals surface area (Å²) in [6.45, 7) is 9.64. The Kier molecular flexibility index (Phi) is 7.83. The number of allylic oxidation sites excluding steroid dienone is 3. The molecule has 1 aliphatic carbocycles. The molecule has 0 fully saturated rings. The van der Waals surface area contributed by atoms with Crippen molar-refractivity contribution in [2.75, 3.05) is 7.11 Å². The lowest BCUT2D eigenvalue weighted by Crippen LogP contribution is -2.30. The molecule has 0 saturated carbocycles. The summed E-state index contributed by atoms with van der Waals surface area (Å²) in [6, 6.07) is 4.02. The number of ether oxygens (including phenoxy) is 1. The third-order valence-electron chi connectivity index (χ3n) is 5.22. The number of hydrogen-bond acceptors (Lipinski definition) is 2. The van der Waals surface area contributed by atoms with Gasteiger partial charge in [-0.1, -0.05) is 25.2 Å². The number of carbonyl (C=O) groups excluding carboxylic acids is 1. The summed E-state index contributed by atoms with van der Waals surface area (Å²) in [6.07, 6.45) is 10.2. The van der Waals surface area contributed by atoms with Gasteiger partial charge in [0.2, 0.25) is 0 Å². The zero-order valence-electron chi connectivity index (χ0n) is 18.6. The first-order valence-electron chi connectivity index (χ1n) is 10.4. The average molecular weight is 400 g/mol. The first-order chi connectivity index (χ1) is 13.7. The largest absolute Gasteiger partial charge is 0.497 e. The van der Waals surface area contributed by atoms with Gasteiger partial charge in [0.15, 0.2) is 0 Å². The molecule has 0 aliphatic heterocycles. The smallest absolute Gasteiger partial charge is 0.251 e. The summed E-state index contributed by atoms with van der Waals surface area (Å²) in [5.74, 6) is 0.632. The molecule has 29 heavy (non-hydrogen) atoms. The van der Waals surface area contributed by atoms with Gasteiger partial charge in [-0.2, -0.15) is 0 Å². The SMILES string of the molecule is CC/C=C/C(=C\c1cc(OC)cc(C2=CCC(C)(F)CC2)c1C)C(=O)NC(C)C. The van der Waals surface area contributed by atoms with E-state index >= 15 is 0 Å². The van der Waals surface area contributed by atoms with Crippen LogP contribution in [-0.2, 0) is 4.79 Å². The highest BCUT2D eigenvalue weighted by atomic mass is 19.1. The van der Waals surface area contributed by atoms with Crippen LogP contribution in [-0.4, -0.2) is 24.7 Å². The molecule has 0 aromatic heterocycles. The number of benzene rings is 1. The second-order valence-electron chi connectivity index (χ2n) is 8.27. The first-order valence-corrected chi connectivity index (χ1v) is 10.4. The van der Waals surface area contributed by atoms with Gasteiger partial charge < -0.3 is 10.1 Å². The van der Waals surface area contributed by atoms with E-state index in [4.69, 9.17) is 4.74 Å². The maximum Gasteiger partial charge on any atom is 0.251 e. The van der Waals surface area contributed by atoms with Crippen LogP contribution in [0, 0.1) is 6.92 Å². The van der Waals surface area contributed by atoms with Crippen LogP contribution in [0.25, 0.3) is 11.6 Å².